The van der Waals surface area contributed by atoms with Gasteiger partial charge in [0.1, 0.15) is 5.25 Å². The fourth-order valence-corrected chi connectivity index (χ4v) is 3.87. The SMILES string of the molecule is COS(=O)(=O)[C@H](Cc1ccc2ccccc2c1)c1ccccc1. The average Bonchev–Trinajstić information content (AvgIpc) is 2.60. The minimum Gasteiger partial charge on any atom is -0.273 e. The van der Waals surface area contributed by atoms with Gasteiger partial charge in [0.25, 0.3) is 10.1 Å². The van der Waals surface area contributed by atoms with Crippen molar-refractivity contribution in [1.29, 1.82) is 0 Å². The topological polar surface area (TPSA) is 43.4 Å². The molecule has 0 spiro atoms. The van der Waals surface area contributed by atoms with Gasteiger partial charge >= 0.3 is 0 Å². The zero-order valence-electron chi connectivity index (χ0n) is 12.8. The van der Waals surface area contributed by atoms with Crippen LogP contribution in [0.15, 0.2) is 72.8 Å². The Bertz CT molecular complexity index is 902. The smallest absolute Gasteiger partial charge is 0.273 e. The fraction of sp³-hybridized carbons (Fsp3) is 0.158. The summed E-state index contributed by atoms with van der Waals surface area (Å²) in [6, 6.07) is 23.3. The van der Waals surface area contributed by atoms with Crippen molar-refractivity contribution in [2.24, 2.45) is 0 Å². The first kappa shape index (κ1) is 15.7. The summed E-state index contributed by atoms with van der Waals surface area (Å²) in [6.07, 6.45) is 0.380. The molecule has 0 fully saturated rings. The predicted molar refractivity (Wildman–Crippen MR) is 92.8 cm³/mol. The third kappa shape index (κ3) is 3.44. The molecule has 23 heavy (non-hydrogen) atoms. The van der Waals surface area contributed by atoms with E-state index in [2.05, 4.69) is 0 Å². The van der Waals surface area contributed by atoms with Gasteiger partial charge in [0.15, 0.2) is 0 Å². The first-order valence-corrected chi connectivity index (χ1v) is 8.89. The van der Waals surface area contributed by atoms with Gasteiger partial charge < -0.3 is 0 Å². The number of hydrogen-bond donors (Lipinski definition) is 0. The Morgan fingerprint density at radius 3 is 2.22 bits per heavy atom. The zero-order valence-corrected chi connectivity index (χ0v) is 13.7. The highest BCUT2D eigenvalue weighted by Crippen LogP contribution is 2.28. The highest BCUT2D eigenvalue weighted by molar-refractivity contribution is 7.87. The molecule has 0 bridgehead atoms. The second-order valence-electron chi connectivity index (χ2n) is 5.44. The maximum absolute atomic E-state index is 12.3. The molecule has 0 heterocycles. The second-order valence-corrected chi connectivity index (χ2v) is 7.33. The molecule has 0 aliphatic carbocycles. The lowest BCUT2D eigenvalue weighted by molar-refractivity contribution is 0.387. The summed E-state index contributed by atoms with van der Waals surface area (Å²) in [5.41, 5.74) is 1.71. The van der Waals surface area contributed by atoms with Gasteiger partial charge in [-0.05, 0) is 28.3 Å². The van der Waals surface area contributed by atoms with Crippen LogP contribution in [0.5, 0.6) is 0 Å². The number of fused-ring (bicyclic) bond motifs is 1. The van der Waals surface area contributed by atoms with Gasteiger partial charge in [0.2, 0.25) is 0 Å². The highest BCUT2D eigenvalue weighted by atomic mass is 32.2. The predicted octanol–water partition coefficient (Wildman–Crippen LogP) is 4.10. The van der Waals surface area contributed by atoms with Crippen molar-refractivity contribution in [2.45, 2.75) is 11.7 Å². The highest BCUT2D eigenvalue weighted by Gasteiger charge is 2.27. The van der Waals surface area contributed by atoms with E-state index in [1.165, 1.54) is 7.11 Å². The molecule has 1 atom stereocenters. The first-order chi connectivity index (χ1) is 11.1. The molecule has 3 aromatic carbocycles. The average molecular weight is 326 g/mol. The zero-order chi connectivity index (χ0) is 16.3. The van der Waals surface area contributed by atoms with Crippen LogP contribution in [0, 0.1) is 0 Å². The molecule has 0 N–H and O–H groups in total. The molecule has 0 radical (unpaired) electrons. The molecular formula is C19H18O3S. The van der Waals surface area contributed by atoms with Crippen molar-refractivity contribution in [3.8, 4) is 0 Å². The van der Waals surface area contributed by atoms with Gasteiger partial charge in [-0.2, -0.15) is 8.42 Å². The van der Waals surface area contributed by atoms with Gasteiger partial charge in [-0.25, -0.2) is 0 Å². The van der Waals surface area contributed by atoms with Crippen LogP contribution in [0.1, 0.15) is 16.4 Å². The second kappa shape index (κ2) is 6.52. The Labute approximate surface area is 136 Å². The lowest BCUT2D eigenvalue weighted by Gasteiger charge is -2.17. The Hall–Kier alpha value is -2.17. The Morgan fingerprint density at radius 1 is 0.870 bits per heavy atom. The largest absolute Gasteiger partial charge is 0.274 e. The molecule has 0 aliphatic heterocycles. The van der Waals surface area contributed by atoms with E-state index in [1.807, 2.05) is 72.8 Å². The van der Waals surface area contributed by atoms with Crippen molar-refractivity contribution in [3.05, 3.63) is 83.9 Å². The monoisotopic (exact) mass is 326 g/mol. The third-order valence-electron chi connectivity index (χ3n) is 3.99. The molecule has 0 saturated heterocycles. The fourth-order valence-electron chi connectivity index (χ4n) is 2.75. The summed E-state index contributed by atoms with van der Waals surface area (Å²) < 4.78 is 29.5. The lowest BCUT2D eigenvalue weighted by Crippen LogP contribution is -2.17. The lowest BCUT2D eigenvalue weighted by atomic mass is 10.0. The normalized spacial score (nSPS) is 13.1. The van der Waals surface area contributed by atoms with E-state index in [9.17, 15) is 8.42 Å². The van der Waals surface area contributed by atoms with Crippen molar-refractivity contribution >= 4 is 20.9 Å². The van der Waals surface area contributed by atoms with Crippen LogP contribution in [0.4, 0.5) is 0 Å². The molecular weight excluding hydrogens is 308 g/mol. The summed E-state index contributed by atoms with van der Waals surface area (Å²) in [6.45, 7) is 0. The van der Waals surface area contributed by atoms with Crippen molar-refractivity contribution in [2.75, 3.05) is 7.11 Å². The van der Waals surface area contributed by atoms with Gasteiger partial charge in [0.05, 0.1) is 7.11 Å². The van der Waals surface area contributed by atoms with Crippen molar-refractivity contribution in [1.82, 2.24) is 0 Å². The van der Waals surface area contributed by atoms with Crippen molar-refractivity contribution in [3.63, 3.8) is 0 Å². The molecule has 3 rings (SSSR count). The number of rotatable bonds is 5. The molecule has 0 unspecified atom stereocenters. The summed E-state index contributed by atoms with van der Waals surface area (Å²) in [4.78, 5) is 0. The standard InChI is InChI=1S/C19H18O3S/c1-22-23(20,21)19(17-8-3-2-4-9-17)14-15-11-12-16-7-5-6-10-18(16)13-15/h2-13,19H,14H2,1H3/t19-/m1/s1. The molecule has 118 valence electrons. The molecule has 3 aromatic rings. The Morgan fingerprint density at radius 2 is 1.52 bits per heavy atom. The van der Waals surface area contributed by atoms with E-state index < -0.39 is 15.4 Å². The molecule has 0 amide bonds. The molecule has 0 saturated carbocycles. The Kier molecular flexibility index (Phi) is 4.46. The van der Waals surface area contributed by atoms with Crippen LogP contribution in [-0.4, -0.2) is 15.5 Å². The van der Waals surface area contributed by atoms with E-state index in [-0.39, 0.29) is 0 Å². The summed E-state index contributed by atoms with van der Waals surface area (Å²) in [5, 5.41) is 1.53. The maximum atomic E-state index is 12.3. The van der Waals surface area contributed by atoms with Crippen molar-refractivity contribution < 1.29 is 12.6 Å². The molecule has 0 aliphatic rings. The summed E-state index contributed by atoms with van der Waals surface area (Å²) in [7, 11) is -2.45. The van der Waals surface area contributed by atoms with E-state index in [4.69, 9.17) is 4.18 Å². The first-order valence-electron chi connectivity index (χ1n) is 7.42. The van der Waals surface area contributed by atoms with Gasteiger partial charge in [0, 0.05) is 0 Å². The molecule has 0 aromatic heterocycles. The van der Waals surface area contributed by atoms with Crippen LogP contribution in [0.25, 0.3) is 10.8 Å². The van der Waals surface area contributed by atoms with E-state index in [1.54, 1.807) is 0 Å². The van der Waals surface area contributed by atoms with Crippen LogP contribution in [0.2, 0.25) is 0 Å². The minimum atomic E-state index is -3.66. The van der Waals surface area contributed by atoms with E-state index in [0.29, 0.717) is 6.42 Å². The molecule has 4 heteroatoms. The number of hydrogen-bond acceptors (Lipinski definition) is 3. The quantitative estimate of drug-likeness (QED) is 0.663. The summed E-state index contributed by atoms with van der Waals surface area (Å²) >= 11 is 0. The van der Waals surface area contributed by atoms with Gasteiger partial charge in [-0.1, -0.05) is 72.8 Å². The van der Waals surface area contributed by atoms with Crippen LogP contribution < -0.4 is 0 Å². The number of benzene rings is 3. The van der Waals surface area contributed by atoms with E-state index in [0.717, 1.165) is 21.9 Å². The molecule has 3 nitrogen and oxygen atoms in total. The van der Waals surface area contributed by atoms with Crippen LogP contribution in [-0.2, 0) is 20.7 Å². The van der Waals surface area contributed by atoms with Gasteiger partial charge in [-0.15, -0.1) is 0 Å². The third-order valence-corrected chi connectivity index (χ3v) is 5.59. The summed E-state index contributed by atoms with van der Waals surface area (Å²) in [5.74, 6) is 0. The van der Waals surface area contributed by atoms with E-state index >= 15 is 0 Å². The Balaban J connectivity index is 2.00. The minimum absolute atomic E-state index is 0.380. The van der Waals surface area contributed by atoms with Crippen LogP contribution >= 0.6 is 0 Å². The van der Waals surface area contributed by atoms with Crippen LogP contribution in [0.3, 0.4) is 0 Å². The maximum Gasteiger partial charge on any atom is 0.274 e. The van der Waals surface area contributed by atoms with Gasteiger partial charge in [-0.3, -0.25) is 4.18 Å².